The van der Waals surface area contributed by atoms with E-state index in [-0.39, 0.29) is 51.8 Å². The lowest BCUT2D eigenvalue weighted by molar-refractivity contribution is 0.107. The summed E-state index contributed by atoms with van der Waals surface area (Å²) in [5.74, 6) is 0.891. The maximum absolute atomic E-state index is 17.0. The number of phenolic OH excluding ortho intramolecular Hbond substituents is 1. The lowest BCUT2D eigenvalue weighted by atomic mass is 9.85. The standard InChI is InChI=1S/C35H34F3N5O3/c1-2-24-27(37)7-6-21-14-23(44)15-25(28(21)24)30-29(38)31-26(17-39-30)32(43-12-4-3-8-34(43)10-13-45-19-34)41-33(40-31)46-20-35-9-5-11-42(35)18-22(36)16-35/h1,6-7,14-15,17,22,44H,3-5,8-13,16,18-20H2/t22-,34+,35+/m1/s1/i20D2. The zero-order valence-electron chi connectivity index (χ0n) is 27.2. The lowest BCUT2D eigenvalue weighted by Crippen LogP contribution is -2.53. The van der Waals surface area contributed by atoms with Crippen molar-refractivity contribution in [2.75, 3.05) is 44.3 Å². The molecule has 4 aliphatic rings. The fraction of sp³-hybridized carbons (Fsp3) is 0.457. The van der Waals surface area contributed by atoms with Crippen LogP contribution in [0.15, 0.2) is 30.5 Å². The molecule has 0 amide bonds. The van der Waals surface area contributed by atoms with Gasteiger partial charge in [0.15, 0.2) is 5.82 Å². The molecule has 0 unspecified atom stereocenters. The van der Waals surface area contributed by atoms with Crippen LogP contribution in [0.3, 0.4) is 0 Å². The number of fused-ring (bicyclic) bond motifs is 3. The van der Waals surface area contributed by atoms with E-state index in [0.717, 1.165) is 25.7 Å². The monoisotopic (exact) mass is 631 g/mol. The molecule has 4 saturated heterocycles. The third-order valence-electron chi connectivity index (χ3n) is 10.2. The first-order chi connectivity index (χ1) is 23.1. The molecule has 6 heterocycles. The fourth-order valence-electron chi connectivity index (χ4n) is 8.05. The molecule has 8 nitrogen and oxygen atoms in total. The second kappa shape index (κ2) is 11.0. The van der Waals surface area contributed by atoms with Gasteiger partial charge in [-0.05, 0) is 68.7 Å². The number of alkyl halides is 1. The number of aromatic hydroxyl groups is 1. The summed E-state index contributed by atoms with van der Waals surface area (Å²) in [7, 11) is 0. The Morgan fingerprint density at radius 1 is 1.15 bits per heavy atom. The highest BCUT2D eigenvalue weighted by Crippen LogP contribution is 2.44. The van der Waals surface area contributed by atoms with Crippen LogP contribution in [-0.4, -0.2) is 81.6 Å². The molecule has 238 valence electrons. The van der Waals surface area contributed by atoms with Gasteiger partial charge in [0.2, 0.25) is 0 Å². The number of nitrogens with zero attached hydrogens (tertiary/aromatic N) is 5. The molecule has 4 aromatic rings. The molecule has 4 aliphatic heterocycles. The second-order valence-electron chi connectivity index (χ2n) is 12.9. The molecule has 0 radical (unpaired) electrons. The molecule has 3 atom stereocenters. The number of ether oxygens (including phenoxy) is 2. The van der Waals surface area contributed by atoms with Crippen molar-refractivity contribution in [1.82, 2.24) is 19.9 Å². The van der Waals surface area contributed by atoms with Gasteiger partial charge in [0.1, 0.15) is 41.3 Å². The summed E-state index contributed by atoms with van der Waals surface area (Å²) in [4.78, 5) is 17.5. The van der Waals surface area contributed by atoms with Crippen molar-refractivity contribution in [3.63, 3.8) is 0 Å². The third-order valence-corrected chi connectivity index (χ3v) is 10.2. The van der Waals surface area contributed by atoms with Gasteiger partial charge in [-0.3, -0.25) is 9.88 Å². The Hall–Kier alpha value is -4.14. The van der Waals surface area contributed by atoms with E-state index in [1.165, 1.54) is 30.5 Å². The van der Waals surface area contributed by atoms with Gasteiger partial charge < -0.3 is 19.5 Å². The Labute approximate surface area is 267 Å². The van der Waals surface area contributed by atoms with Crippen molar-refractivity contribution in [2.45, 2.75) is 62.2 Å². The number of terminal acetylenes is 1. The molecule has 11 heteroatoms. The van der Waals surface area contributed by atoms with Gasteiger partial charge in [-0.2, -0.15) is 9.97 Å². The summed E-state index contributed by atoms with van der Waals surface area (Å²) in [5.41, 5.74) is -2.09. The van der Waals surface area contributed by atoms with Crippen LogP contribution in [0.1, 0.15) is 53.3 Å². The van der Waals surface area contributed by atoms with Crippen LogP contribution in [0.2, 0.25) is 0 Å². The number of aromatic nitrogens is 3. The Morgan fingerprint density at radius 3 is 2.87 bits per heavy atom. The number of pyridine rings is 1. The normalized spacial score (nSPS) is 27.3. The van der Waals surface area contributed by atoms with E-state index >= 15 is 4.39 Å². The number of piperidine rings is 1. The summed E-state index contributed by atoms with van der Waals surface area (Å²) < 4.78 is 76.7. The highest BCUT2D eigenvalue weighted by molar-refractivity contribution is 6.03. The minimum absolute atomic E-state index is 0.0336. The van der Waals surface area contributed by atoms with Gasteiger partial charge in [0, 0.05) is 43.3 Å². The largest absolute Gasteiger partial charge is 0.508 e. The quantitative estimate of drug-likeness (QED) is 0.272. The Balaban J connectivity index is 1.34. The van der Waals surface area contributed by atoms with Crippen LogP contribution in [-0.2, 0) is 4.74 Å². The predicted molar refractivity (Wildman–Crippen MR) is 168 cm³/mol. The highest BCUT2D eigenvalue weighted by Gasteiger charge is 2.49. The Morgan fingerprint density at radius 2 is 2.04 bits per heavy atom. The second-order valence-corrected chi connectivity index (χ2v) is 12.9. The molecule has 2 aromatic heterocycles. The van der Waals surface area contributed by atoms with Crippen LogP contribution in [0.25, 0.3) is 32.9 Å². The van der Waals surface area contributed by atoms with Crippen molar-refractivity contribution in [1.29, 1.82) is 0 Å². The van der Waals surface area contributed by atoms with Crippen LogP contribution >= 0.6 is 0 Å². The van der Waals surface area contributed by atoms with E-state index in [1.807, 2.05) is 0 Å². The van der Waals surface area contributed by atoms with Crippen molar-refractivity contribution in [3.8, 4) is 35.4 Å². The van der Waals surface area contributed by atoms with Crippen LogP contribution in [0, 0.1) is 24.0 Å². The number of benzene rings is 2. The molecule has 46 heavy (non-hydrogen) atoms. The minimum Gasteiger partial charge on any atom is -0.508 e. The lowest BCUT2D eigenvalue weighted by Gasteiger charge is -2.45. The summed E-state index contributed by atoms with van der Waals surface area (Å²) >= 11 is 0. The Kier molecular flexibility index (Phi) is 6.45. The van der Waals surface area contributed by atoms with E-state index in [0.29, 0.717) is 50.3 Å². The van der Waals surface area contributed by atoms with E-state index < -0.39 is 41.5 Å². The van der Waals surface area contributed by atoms with Gasteiger partial charge in [0.05, 0.1) is 31.4 Å². The number of halogens is 3. The molecular formula is C35H34F3N5O3. The predicted octanol–water partition coefficient (Wildman–Crippen LogP) is 5.91. The van der Waals surface area contributed by atoms with Gasteiger partial charge in [-0.25, -0.2) is 13.2 Å². The topological polar surface area (TPSA) is 83.8 Å². The zero-order valence-corrected chi connectivity index (χ0v) is 25.2. The van der Waals surface area contributed by atoms with Gasteiger partial charge >= 0.3 is 6.01 Å². The average molecular weight is 632 g/mol. The molecule has 0 saturated carbocycles. The minimum atomic E-state index is -2.40. The van der Waals surface area contributed by atoms with Crippen LogP contribution < -0.4 is 9.64 Å². The molecule has 0 bridgehead atoms. The van der Waals surface area contributed by atoms with E-state index in [4.69, 9.17) is 23.6 Å². The number of hydrogen-bond donors (Lipinski definition) is 1. The number of phenols is 1. The SMILES string of the molecule is [2H]C([2H])(Oc1nc(N2CCCC[C@@]23CCOC3)c2cnc(-c3cc(O)cc4ccc(F)c(C#C)c34)c(F)c2n1)[C@@]12CCCN1C[C@H](F)C2. The van der Waals surface area contributed by atoms with E-state index in [9.17, 15) is 13.9 Å². The molecule has 0 aliphatic carbocycles. The van der Waals surface area contributed by atoms with Crippen molar-refractivity contribution >= 4 is 27.5 Å². The maximum Gasteiger partial charge on any atom is 0.319 e. The van der Waals surface area contributed by atoms with Gasteiger partial charge in [-0.1, -0.05) is 12.0 Å². The molecule has 8 rings (SSSR count). The smallest absolute Gasteiger partial charge is 0.319 e. The van der Waals surface area contributed by atoms with Crippen LogP contribution in [0.5, 0.6) is 11.8 Å². The van der Waals surface area contributed by atoms with E-state index in [1.54, 1.807) is 4.90 Å². The Bertz CT molecular complexity index is 2000. The fourth-order valence-corrected chi connectivity index (χ4v) is 8.05. The summed E-state index contributed by atoms with van der Waals surface area (Å²) in [6.45, 7) is -0.137. The van der Waals surface area contributed by atoms with Gasteiger partial charge in [-0.15, -0.1) is 6.42 Å². The number of anilines is 1. The van der Waals surface area contributed by atoms with E-state index in [2.05, 4.69) is 20.8 Å². The van der Waals surface area contributed by atoms with Crippen molar-refractivity contribution in [3.05, 3.63) is 47.7 Å². The first-order valence-electron chi connectivity index (χ1n) is 16.8. The highest BCUT2D eigenvalue weighted by atomic mass is 19.1. The average Bonchev–Trinajstić information content (AvgIpc) is 3.77. The molecule has 1 N–H and O–H groups in total. The summed E-state index contributed by atoms with van der Waals surface area (Å²) in [6.07, 6.45) is 10.4. The number of hydrogen-bond acceptors (Lipinski definition) is 8. The van der Waals surface area contributed by atoms with Crippen molar-refractivity contribution in [2.24, 2.45) is 0 Å². The maximum atomic E-state index is 17.0. The molecular weight excluding hydrogens is 595 g/mol. The van der Waals surface area contributed by atoms with Crippen molar-refractivity contribution < 1.29 is 30.5 Å². The van der Waals surface area contributed by atoms with Crippen LogP contribution in [0.4, 0.5) is 19.0 Å². The first kappa shape index (κ1) is 27.0. The van der Waals surface area contributed by atoms with Gasteiger partial charge in [0.25, 0.3) is 0 Å². The summed E-state index contributed by atoms with van der Waals surface area (Å²) in [6, 6.07) is 4.91. The molecule has 2 aromatic carbocycles. The molecule has 4 fully saturated rings. The molecule has 1 spiro atoms. The third kappa shape index (κ3) is 4.56. The summed E-state index contributed by atoms with van der Waals surface area (Å²) in [5, 5.41) is 11.4. The first-order valence-corrected chi connectivity index (χ1v) is 15.8. The number of rotatable bonds is 5. The zero-order chi connectivity index (χ0) is 33.4.